The van der Waals surface area contributed by atoms with E-state index >= 15 is 0 Å². The molecule has 0 rings (SSSR count). The summed E-state index contributed by atoms with van der Waals surface area (Å²) in [6.07, 6.45) is 1.78. The van der Waals surface area contributed by atoms with Gasteiger partial charge in [0.25, 0.3) is 0 Å². The molecule has 0 fully saturated rings. The van der Waals surface area contributed by atoms with Crippen LogP contribution in [0.2, 0.25) is 0 Å². The lowest BCUT2D eigenvalue weighted by atomic mass is 10.3. The average molecular weight is 243 g/mol. The zero-order valence-electron chi connectivity index (χ0n) is 8.97. The zero-order chi connectivity index (χ0) is 10.8. The molecule has 0 N–H and O–H groups in total. The number of hydrogen-bond donors (Lipinski definition) is 0. The maximum absolute atomic E-state index is 5.75. The van der Waals surface area contributed by atoms with E-state index in [1.165, 1.54) is 0 Å². The SMILES string of the molecule is CC(Cl)CCOCCOCCC(C)Cl. The van der Waals surface area contributed by atoms with Gasteiger partial charge in [0, 0.05) is 24.0 Å². The summed E-state index contributed by atoms with van der Waals surface area (Å²) in [5.41, 5.74) is 0. The van der Waals surface area contributed by atoms with E-state index in [0.29, 0.717) is 26.4 Å². The molecule has 0 spiro atoms. The van der Waals surface area contributed by atoms with E-state index < -0.39 is 0 Å². The Morgan fingerprint density at radius 3 is 1.43 bits per heavy atom. The van der Waals surface area contributed by atoms with Crippen molar-refractivity contribution in [2.24, 2.45) is 0 Å². The molecule has 0 saturated carbocycles. The molecule has 0 saturated heterocycles. The summed E-state index contributed by atoms with van der Waals surface area (Å²) in [5, 5.41) is 0.376. The van der Waals surface area contributed by atoms with E-state index in [2.05, 4.69) is 0 Å². The van der Waals surface area contributed by atoms with Crippen LogP contribution in [0.15, 0.2) is 0 Å². The highest BCUT2D eigenvalue weighted by atomic mass is 35.5. The molecule has 0 radical (unpaired) electrons. The third kappa shape index (κ3) is 12.5. The van der Waals surface area contributed by atoms with Crippen LogP contribution in [0.4, 0.5) is 0 Å². The summed E-state index contributed by atoms with van der Waals surface area (Å²) in [7, 11) is 0. The molecule has 0 aliphatic heterocycles. The standard InChI is InChI=1S/C10H20Cl2O2/c1-9(11)3-5-13-7-8-14-6-4-10(2)12/h9-10H,3-8H2,1-2H3. The van der Waals surface area contributed by atoms with Crippen molar-refractivity contribution < 1.29 is 9.47 Å². The Bertz CT molecular complexity index is 105. The highest BCUT2D eigenvalue weighted by Gasteiger charge is 1.97. The minimum atomic E-state index is 0.188. The van der Waals surface area contributed by atoms with Crippen molar-refractivity contribution in [1.29, 1.82) is 0 Å². The normalized spacial score (nSPS) is 15.4. The van der Waals surface area contributed by atoms with Gasteiger partial charge in [-0.1, -0.05) is 0 Å². The van der Waals surface area contributed by atoms with Crippen molar-refractivity contribution in [1.82, 2.24) is 0 Å². The number of hydrogen-bond acceptors (Lipinski definition) is 2. The van der Waals surface area contributed by atoms with E-state index in [4.69, 9.17) is 32.7 Å². The molecular formula is C10H20Cl2O2. The monoisotopic (exact) mass is 242 g/mol. The highest BCUT2D eigenvalue weighted by molar-refractivity contribution is 6.20. The fourth-order valence-corrected chi connectivity index (χ4v) is 0.992. The van der Waals surface area contributed by atoms with Gasteiger partial charge < -0.3 is 9.47 Å². The predicted molar refractivity (Wildman–Crippen MR) is 61.5 cm³/mol. The van der Waals surface area contributed by atoms with Gasteiger partial charge in [-0.3, -0.25) is 0 Å². The molecule has 0 heterocycles. The van der Waals surface area contributed by atoms with Gasteiger partial charge >= 0.3 is 0 Å². The second-order valence-corrected chi connectivity index (χ2v) is 4.85. The third-order valence-corrected chi connectivity index (χ3v) is 2.13. The summed E-state index contributed by atoms with van der Waals surface area (Å²) in [5.74, 6) is 0. The Kier molecular flexibility index (Phi) is 10.4. The third-order valence-electron chi connectivity index (χ3n) is 1.69. The van der Waals surface area contributed by atoms with E-state index in [1.54, 1.807) is 0 Å². The van der Waals surface area contributed by atoms with E-state index in [1.807, 2.05) is 13.8 Å². The average Bonchev–Trinajstić information content (AvgIpc) is 2.08. The van der Waals surface area contributed by atoms with Crippen molar-refractivity contribution in [3.63, 3.8) is 0 Å². The molecule has 0 aromatic carbocycles. The summed E-state index contributed by atoms with van der Waals surface area (Å²) < 4.78 is 10.6. The fraction of sp³-hybridized carbons (Fsp3) is 1.00. The molecule has 2 atom stereocenters. The number of alkyl halides is 2. The van der Waals surface area contributed by atoms with Crippen molar-refractivity contribution in [3.8, 4) is 0 Å². The topological polar surface area (TPSA) is 18.5 Å². The molecule has 0 aliphatic rings. The summed E-state index contributed by atoms with van der Waals surface area (Å²) in [6.45, 7) is 6.62. The van der Waals surface area contributed by atoms with Crippen LogP contribution in [-0.2, 0) is 9.47 Å². The van der Waals surface area contributed by atoms with Crippen LogP contribution in [-0.4, -0.2) is 37.2 Å². The Balaban J connectivity index is 2.92. The van der Waals surface area contributed by atoms with Crippen LogP contribution < -0.4 is 0 Å². The molecule has 86 valence electrons. The lowest BCUT2D eigenvalue weighted by Crippen LogP contribution is -2.09. The Morgan fingerprint density at radius 1 is 0.786 bits per heavy atom. The molecule has 2 nitrogen and oxygen atoms in total. The molecular weight excluding hydrogens is 223 g/mol. The first kappa shape index (κ1) is 14.5. The van der Waals surface area contributed by atoms with Gasteiger partial charge in [-0.25, -0.2) is 0 Å². The van der Waals surface area contributed by atoms with E-state index in [9.17, 15) is 0 Å². The van der Waals surface area contributed by atoms with Crippen LogP contribution >= 0.6 is 23.2 Å². The predicted octanol–water partition coefficient (Wildman–Crippen LogP) is 3.05. The van der Waals surface area contributed by atoms with Gasteiger partial charge in [-0.15, -0.1) is 23.2 Å². The van der Waals surface area contributed by atoms with Gasteiger partial charge in [0.2, 0.25) is 0 Å². The van der Waals surface area contributed by atoms with E-state index in [-0.39, 0.29) is 10.8 Å². The summed E-state index contributed by atoms with van der Waals surface area (Å²) >= 11 is 11.5. The van der Waals surface area contributed by atoms with Crippen molar-refractivity contribution in [2.45, 2.75) is 37.4 Å². The molecule has 0 amide bonds. The molecule has 4 heteroatoms. The van der Waals surface area contributed by atoms with Gasteiger partial charge in [-0.05, 0) is 26.7 Å². The van der Waals surface area contributed by atoms with E-state index in [0.717, 1.165) is 12.8 Å². The molecule has 0 aromatic heterocycles. The first-order chi connectivity index (χ1) is 6.63. The Morgan fingerprint density at radius 2 is 1.14 bits per heavy atom. The quantitative estimate of drug-likeness (QED) is 0.457. The van der Waals surface area contributed by atoms with Crippen molar-refractivity contribution in [2.75, 3.05) is 26.4 Å². The fourth-order valence-electron chi connectivity index (χ4n) is 0.813. The van der Waals surface area contributed by atoms with Gasteiger partial charge in [0.05, 0.1) is 13.2 Å². The smallest absolute Gasteiger partial charge is 0.0700 e. The van der Waals surface area contributed by atoms with Crippen LogP contribution in [0.25, 0.3) is 0 Å². The number of halogens is 2. The number of rotatable bonds is 9. The summed E-state index contributed by atoms with van der Waals surface area (Å²) in [4.78, 5) is 0. The van der Waals surface area contributed by atoms with Crippen molar-refractivity contribution in [3.05, 3.63) is 0 Å². The Hall–Kier alpha value is 0.500. The largest absolute Gasteiger partial charge is 0.379 e. The minimum absolute atomic E-state index is 0.188. The number of ether oxygens (including phenoxy) is 2. The first-order valence-electron chi connectivity index (χ1n) is 5.06. The van der Waals surface area contributed by atoms with Gasteiger partial charge in [0.1, 0.15) is 0 Å². The Labute approximate surface area is 96.9 Å². The van der Waals surface area contributed by atoms with Gasteiger partial charge in [-0.2, -0.15) is 0 Å². The van der Waals surface area contributed by atoms with Crippen molar-refractivity contribution >= 4 is 23.2 Å². The summed E-state index contributed by atoms with van der Waals surface area (Å²) in [6, 6.07) is 0. The molecule has 2 unspecified atom stereocenters. The molecule has 0 bridgehead atoms. The first-order valence-corrected chi connectivity index (χ1v) is 5.94. The maximum Gasteiger partial charge on any atom is 0.0700 e. The van der Waals surface area contributed by atoms with Gasteiger partial charge in [0.15, 0.2) is 0 Å². The lowest BCUT2D eigenvalue weighted by Gasteiger charge is -2.07. The van der Waals surface area contributed by atoms with Crippen LogP contribution in [0.3, 0.4) is 0 Å². The molecule has 0 aliphatic carbocycles. The lowest BCUT2D eigenvalue weighted by molar-refractivity contribution is 0.0461. The van der Waals surface area contributed by atoms with Crippen LogP contribution in [0, 0.1) is 0 Å². The maximum atomic E-state index is 5.75. The second-order valence-electron chi connectivity index (χ2n) is 3.36. The molecule has 14 heavy (non-hydrogen) atoms. The highest BCUT2D eigenvalue weighted by Crippen LogP contribution is 2.00. The van der Waals surface area contributed by atoms with Crippen LogP contribution in [0.1, 0.15) is 26.7 Å². The minimum Gasteiger partial charge on any atom is -0.379 e. The zero-order valence-corrected chi connectivity index (χ0v) is 10.5. The second kappa shape index (κ2) is 10.0. The molecule has 0 aromatic rings. The van der Waals surface area contributed by atoms with Crippen LogP contribution in [0.5, 0.6) is 0 Å².